The Morgan fingerprint density at radius 2 is 2.27 bits per heavy atom. The summed E-state index contributed by atoms with van der Waals surface area (Å²) in [6.45, 7) is 5.27. The molecule has 0 saturated carbocycles. The molecule has 1 aromatic carbocycles. The van der Waals surface area contributed by atoms with Crippen LogP contribution in [0.15, 0.2) is 18.2 Å². The second-order valence-electron chi connectivity index (χ2n) is 3.81. The normalized spacial score (nSPS) is 11.8. The molecule has 0 radical (unpaired) electrons. The fraction of sp³-hybridized carbons (Fsp3) is 0.417. The van der Waals surface area contributed by atoms with Crippen molar-refractivity contribution in [2.24, 2.45) is 5.92 Å². The average molecular weight is 203 g/mol. The molecule has 0 heterocycles. The number of anilines is 2. The summed E-state index contributed by atoms with van der Waals surface area (Å²) in [5.74, 6) is 0.632. The SMILES string of the molecule is CCC(C)CNc1ccc(N)c(C#N)c1. The van der Waals surface area contributed by atoms with E-state index in [-0.39, 0.29) is 0 Å². The smallest absolute Gasteiger partial charge is 0.101 e. The lowest BCUT2D eigenvalue weighted by Crippen LogP contribution is -2.10. The van der Waals surface area contributed by atoms with Crippen LogP contribution in [0, 0.1) is 17.2 Å². The highest BCUT2D eigenvalue weighted by Crippen LogP contribution is 2.17. The van der Waals surface area contributed by atoms with Gasteiger partial charge >= 0.3 is 0 Å². The molecule has 3 nitrogen and oxygen atoms in total. The van der Waals surface area contributed by atoms with Gasteiger partial charge in [-0.05, 0) is 24.1 Å². The van der Waals surface area contributed by atoms with Crippen molar-refractivity contribution < 1.29 is 0 Å². The monoisotopic (exact) mass is 203 g/mol. The van der Waals surface area contributed by atoms with Gasteiger partial charge in [0.15, 0.2) is 0 Å². The molecule has 1 unspecified atom stereocenters. The first kappa shape index (κ1) is 11.4. The van der Waals surface area contributed by atoms with E-state index in [0.29, 0.717) is 17.2 Å². The van der Waals surface area contributed by atoms with Crippen LogP contribution in [0.25, 0.3) is 0 Å². The predicted molar refractivity (Wildman–Crippen MR) is 63.5 cm³/mol. The Labute approximate surface area is 90.9 Å². The summed E-state index contributed by atoms with van der Waals surface area (Å²) < 4.78 is 0. The maximum Gasteiger partial charge on any atom is 0.101 e. The lowest BCUT2D eigenvalue weighted by Gasteiger charge is -2.11. The molecule has 0 saturated heterocycles. The average Bonchev–Trinajstić information content (AvgIpc) is 2.27. The van der Waals surface area contributed by atoms with E-state index < -0.39 is 0 Å². The summed E-state index contributed by atoms with van der Waals surface area (Å²) in [5, 5.41) is 12.1. The van der Waals surface area contributed by atoms with Gasteiger partial charge in [-0.2, -0.15) is 5.26 Å². The van der Waals surface area contributed by atoms with E-state index in [4.69, 9.17) is 11.0 Å². The van der Waals surface area contributed by atoms with Crippen LogP contribution in [0.4, 0.5) is 11.4 Å². The third kappa shape index (κ3) is 3.17. The molecule has 3 heteroatoms. The first-order valence-corrected chi connectivity index (χ1v) is 5.20. The quantitative estimate of drug-likeness (QED) is 0.739. The van der Waals surface area contributed by atoms with Gasteiger partial charge < -0.3 is 11.1 Å². The van der Waals surface area contributed by atoms with Crippen LogP contribution in [0.1, 0.15) is 25.8 Å². The number of nitrogens with two attached hydrogens (primary N) is 1. The second-order valence-corrected chi connectivity index (χ2v) is 3.81. The molecule has 80 valence electrons. The van der Waals surface area contributed by atoms with Crippen molar-refractivity contribution >= 4 is 11.4 Å². The summed E-state index contributed by atoms with van der Waals surface area (Å²) in [4.78, 5) is 0. The van der Waals surface area contributed by atoms with Crippen LogP contribution < -0.4 is 11.1 Å². The zero-order valence-electron chi connectivity index (χ0n) is 9.25. The van der Waals surface area contributed by atoms with Crippen LogP contribution in [0.2, 0.25) is 0 Å². The zero-order valence-corrected chi connectivity index (χ0v) is 9.25. The van der Waals surface area contributed by atoms with E-state index in [9.17, 15) is 0 Å². The van der Waals surface area contributed by atoms with Gasteiger partial charge in [0.2, 0.25) is 0 Å². The molecule has 0 aliphatic heterocycles. The van der Waals surface area contributed by atoms with E-state index in [1.807, 2.05) is 6.07 Å². The maximum atomic E-state index is 8.81. The largest absolute Gasteiger partial charge is 0.398 e. The van der Waals surface area contributed by atoms with Crippen LogP contribution in [-0.4, -0.2) is 6.54 Å². The number of nitrogen functional groups attached to an aromatic ring is 1. The molecule has 0 aromatic heterocycles. The Bertz CT molecular complexity index is 366. The van der Waals surface area contributed by atoms with E-state index >= 15 is 0 Å². The molecule has 3 N–H and O–H groups in total. The highest BCUT2D eigenvalue weighted by Gasteiger charge is 2.01. The highest BCUT2D eigenvalue weighted by molar-refractivity contribution is 5.61. The second kappa shape index (κ2) is 5.26. The Balaban J connectivity index is 2.67. The molecule has 0 aliphatic carbocycles. The Kier molecular flexibility index (Phi) is 3.99. The molecule has 0 fully saturated rings. The minimum atomic E-state index is 0.532. The Morgan fingerprint density at radius 3 is 2.87 bits per heavy atom. The third-order valence-electron chi connectivity index (χ3n) is 2.53. The Hall–Kier alpha value is -1.69. The molecule has 0 bridgehead atoms. The van der Waals surface area contributed by atoms with Gasteiger partial charge in [0, 0.05) is 17.9 Å². The summed E-state index contributed by atoms with van der Waals surface area (Å²) in [6.07, 6.45) is 1.15. The number of nitrogens with zero attached hydrogens (tertiary/aromatic N) is 1. The topological polar surface area (TPSA) is 61.8 Å². The van der Waals surface area contributed by atoms with Crippen molar-refractivity contribution in [1.82, 2.24) is 0 Å². The summed E-state index contributed by atoms with van der Waals surface area (Å²) in [7, 11) is 0. The molecule has 1 aromatic rings. The molecule has 1 rings (SSSR count). The lowest BCUT2D eigenvalue weighted by molar-refractivity contribution is 0.593. The van der Waals surface area contributed by atoms with E-state index in [0.717, 1.165) is 18.7 Å². The molecule has 0 amide bonds. The van der Waals surface area contributed by atoms with Crippen molar-refractivity contribution in [3.05, 3.63) is 23.8 Å². The highest BCUT2D eigenvalue weighted by atomic mass is 14.9. The first-order chi connectivity index (χ1) is 7.17. The van der Waals surface area contributed by atoms with Gasteiger partial charge in [-0.15, -0.1) is 0 Å². The molecular formula is C12H17N3. The zero-order chi connectivity index (χ0) is 11.3. The maximum absolute atomic E-state index is 8.81. The van der Waals surface area contributed by atoms with Gasteiger partial charge in [-0.25, -0.2) is 0 Å². The lowest BCUT2D eigenvalue weighted by atomic mass is 10.1. The summed E-state index contributed by atoms with van der Waals surface area (Å²) in [6, 6.07) is 7.52. The van der Waals surface area contributed by atoms with Gasteiger partial charge in [-0.1, -0.05) is 20.3 Å². The van der Waals surface area contributed by atoms with Crippen LogP contribution in [0.5, 0.6) is 0 Å². The van der Waals surface area contributed by atoms with Crippen molar-refractivity contribution in [3.63, 3.8) is 0 Å². The first-order valence-electron chi connectivity index (χ1n) is 5.20. The molecule has 0 aliphatic rings. The van der Waals surface area contributed by atoms with Gasteiger partial charge in [0.1, 0.15) is 6.07 Å². The summed E-state index contributed by atoms with van der Waals surface area (Å²) >= 11 is 0. The standard InChI is InChI=1S/C12H17N3/c1-3-9(2)8-15-11-4-5-12(14)10(6-11)7-13/h4-6,9,15H,3,8,14H2,1-2H3. The molecule has 15 heavy (non-hydrogen) atoms. The van der Waals surface area contributed by atoms with Crippen molar-refractivity contribution in [1.29, 1.82) is 5.26 Å². The fourth-order valence-electron chi connectivity index (χ4n) is 1.20. The van der Waals surface area contributed by atoms with Gasteiger partial charge in [0.25, 0.3) is 0 Å². The Morgan fingerprint density at radius 1 is 1.53 bits per heavy atom. The number of hydrogen-bond acceptors (Lipinski definition) is 3. The third-order valence-corrected chi connectivity index (χ3v) is 2.53. The van der Waals surface area contributed by atoms with Crippen LogP contribution >= 0.6 is 0 Å². The van der Waals surface area contributed by atoms with Crippen LogP contribution in [0.3, 0.4) is 0 Å². The molecule has 1 atom stereocenters. The molecule has 0 spiro atoms. The molecular weight excluding hydrogens is 186 g/mol. The van der Waals surface area contributed by atoms with E-state index in [2.05, 4.69) is 25.2 Å². The minimum Gasteiger partial charge on any atom is -0.398 e. The number of nitrogens with one attached hydrogen (secondary N) is 1. The fourth-order valence-corrected chi connectivity index (χ4v) is 1.20. The number of rotatable bonds is 4. The number of benzene rings is 1. The van der Waals surface area contributed by atoms with Crippen LogP contribution in [-0.2, 0) is 0 Å². The minimum absolute atomic E-state index is 0.532. The summed E-state index contributed by atoms with van der Waals surface area (Å²) in [5.41, 5.74) is 7.66. The van der Waals surface area contributed by atoms with Crippen molar-refractivity contribution in [2.45, 2.75) is 20.3 Å². The predicted octanol–water partition coefficient (Wildman–Crippen LogP) is 2.60. The van der Waals surface area contributed by atoms with Crippen molar-refractivity contribution in [2.75, 3.05) is 17.6 Å². The van der Waals surface area contributed by atoms with E-state index in [1.165, 1.54) is 0 Å². The van der Waals surface area contributed by atoms with Crippen molar-refractivity contribution in [3.8, 4) is 6.07 Å². The van der Waals surface area contributed by atoms with E-state index in [1.54, 1.807) is 12.1 Å². The van der Waals surface area contributed by atoms with Gasteiger partial charge in [0.05, 0.1) is 5.56 Å². The van der Waals surface area contributed by atoms with Gasteiger partial charge in [-0.3, -0.25) is 0 Å². The number of nitriles is 1. The number of hydrogen-bond donors (Lipinski definition) is 2.